The van der Waals surface area contributed by atoms with Gasteiger partial charge in [-0.25, -0.2) is 5.43 Å². The van der Waals surface area contributed by atoms with E-state index in [1.807, 2.05) is 30.5 Å². The Balaban J connectivity index is 1.60. The molecule has 0 saturated carbocycles. The number of carbonyl (C=O) groups excluding carboxylic acids is 1. The van der Waals surface area contributed by atoms with Gasteiger partial charge in [0.25, 0.3) is 0 Å². The Morgan fingerprint density at radius 2 is 2.21 bits per heavy atom. The minimum Gasteiger partial charge on any atom is -0.454 e. The van der Waals surface area contributed by atoms with E-state index < -0.39 is 5.91 Å². The van der Waals surface area contributed by atoms with E-state index in [0.29, 0.717) is 12.3 Å². The van der Waals surface area contributed by atoms with Crippen LogP contribution in [0.25, 0.3) is 0 Å². The van der Waals surface area contributed by atoms with Crippen molar-refractivity contribution in [3.8, 4) is 0 Å². The number of hydrogen-bond donors (Lipinski definition) is 1. The van der Waals surface area contributed by atoms with Gasteiger partial charge in [0.15, 0.2) is 5.76 Å². The van der Waals surface area contributed by atoms with Gasteiger partial charge < -0.3 is 4.42 Å². The third kappa shape index (κ3) is 4.32. The lowest BCUT2D eigenvalue weighted by Gasteiger charge is -1.99. The molecule has 24 heavy (non-hydrogen) atoms. The zero-order chi connectivity index (χ0) is 16.9. The number of rotatable bonds is 5. The monoisotopic (exact) mass is 498 g/mol. The van der Waals surface area contributed by atoms with Crippen LogP contribution in [0.2, 0.25) is 0 Å². The zero-order valence-corrected chi connectivity index (χ0v) is 16.1. The number of aromatic nitrogens is 2. The fourth-order valence-electron chi connectivity index (χ4n) is 1.96. The van der Waals surface area contributed by atoms with Crippen LogP contribution in [-0.2, 0) is 6.54 Å². The number of benzene rings is 1. The summed E-state index contributed by atoms with van der Waals surface area (Å²) in [5, 5.41) is 8.10. The fourth-order valence-corrected chi connectivity index (χ4v) is 2.82. The molecule has 0 saturated heterocycles. The molecule has 6 nitrogen and oxygen atoms in total. The van der Waals surface area contributed by atoms with E-state index in [2.05, 4.69) is 54.1 Å². The van der Waals surface area contributed by atoms with Crippen molar-refractivity contribution in [2.45, 2.75) is 6.54 Å². The third-order valence-corrected chi connectivity index (χ3v) is 4.47. The molecule has 0 aliphatic rings. The van der Waals surface area contributed by atoms with Crippen LogP contribution in [0.4, 0.5) is 0 Å². The number of nitrogens with zero attached hydrogens (tertiary/aromatic N) is 3. The smallest absolute Gasteiger partial charge is 0.307 e. The van der Waals surface area contributed by atoms with E-state index in [-0.39, 0.29) is 5.76 Å². The van der Waals surface area contributed by atoms with Crippen LogP contribution in [0.1, 0.15) is 21.9 Å². The van der Waals surface area contributed by atoms with Gasteiger partial charge in [0, 0.05) is 15.3 Å². The summed E-state index contributed by atoms with van der Waals surface area (Å²) in [6, 6.07) is 11.1. The Labute approximate surface area is 160 Å². The number of nitrogens with one attached hydrogen (secondary N) is 1. The molecule has 3 aromatic rings. The van der Waals surface area contributed by atoms with Crippen LogP contribution in [-0.4, -0.2) is 21.9 Å². The summed E-state index contributed by atoms with van der Waals surface area (Å²) in [7, 11) is 0. The van der Waals surface area contributed by atoms with Gasteiger partial charge in [-0.1, -0.05) is 18.2 Å². The quantitative estimate of drug-likeness (QED) is 0.331. The zero-order valence-electron chi connectivity index (χ0n) is 12.3. The van der Waals surface area contributed by atoms with Gasteiger partial charge in [-0.3, -0.25) is 9.48 Å². The van der Waals surface area contributed by atoms with E-state index >= 15 is 0 Å². The summed E-state index contributed by atoms with van der Waals surface area (Å²) in [6.45, 7) is 0.449. The molecule has 0 unspecified atom stereocenters. The second kappa shape index (κ2) is 7.75. The van der Waals surface area contributed by atoms with Gasteiger partial charge >= 0.3 is 5.91 Å². The Kier molecular flexibility index (Phi) is 5.46. The Morgan fingerprint density at radius 1 is 1.38 bits per heavy atom. The first-order chi connectivity index (χ1) is 11.6. The molecule has 2 heterocycles. The number of furan rings is 1. The van der Waals surface area contributed by atoms with Gasteiger partial charge in [-0.2, -0.15) is 10.2 Å². The van der Waals surface area contributed by atoms with Crippen LogP contribution in [0.5, 0.6) is 0 Å². The summed E-state index contributed by atoms with van der Waals surface area (Å²) in [4.78, 5) is 12.0. The van der Waals surface area contributed by atoms with Crippen molar-refractivity contribution in [2.75, 3.05) is 0 Å². The molecule has 0 aliphatic carbocycles. The predicted octanol–water partition coefficient (Wildman–Crippen LogP) is 3.66. The topological polar surface area (TPSA) is 72.4 Å². The molecule has 3 rings (SSSR count). The first-order valence-corrected chi connectivity index (χ1v) is 8.83. The third-order valence-electron chi connectivity index (χ3n) is 3.08. The molecule has 1 aromatic carbocycles. The molecular formula is C16H12BrIN4O2. The molecule has 8 heteroatoms. The number of hydrazone groups is 1. The van der Waals surface area contributed by atoms with E-state index in [4.69, 9.17) is 4.42 Å². The maximum absolute atomic E-state index is 12.0. The van der Waals surface area contributed by atoms with Crippen molar-refractivity contribution in [1.29, 1.82) is 0 Å². The Morgan fingerprint density at radius 3 is 2.96 bits per heavy atom. The predicted molar refractivity (Wildman–Crippen MR) is 102 cm³/mol. The minimum atomic E-state index is -0.398. The molecule has 0 spiro atoms. The summed E-state index contributed by atoms with van der Waals surface area (Å²) >= 11 is 5.54. The molecule has 0 aliphatic heterocycles. The minimum absolute atomic E-state index is 0.205. The van der Waals surface area contributed by atoms with Crippen LogP contribution in [0.3, 0.4) is 0 Å². The Bertz CT molecular complexity index is 888. The summed E-state index contributed by atoms with van der Waals surface area (Å²) < 4.78 is 9.17. The average molecular weight is 499 g/mol. The SMILES string of the molecule is O=C(N/N=C\c1ccccc1I)c1ccc(Cn2cc(Br)cn2)o1. The lowest BCUT2D eigenvalue weighted by Crippen LogP contribution is -2.16. The summed E-state index contributed by atoms with van der Waals surface area (Å²) in [5.41, 5.74) is 3.39. The van der Waals surface area contributed by atoms with Crippen LogP contribution in [0.15, 0.2) is 62.8 Å². The van der Waals surface area contributed by atoms with Gasteiger partial charge in [0.1, 0.15) is 5.76 Å². The van der Waals surface area contributed by atoms with E-state index in [9.17, 15) is 4.79 Å². The van der Waals surface area contributed by atoms with Gasteiger partial charge in [0.2, 0.25) is 0 Å². The highest BCUT2D eigenvalue weighted by Gasteiger charge is 2.11. The lowest BCUT2D eigenvalue weighted by atomic mass is 10.2. The first-order valence-electron chi connectivity index (χ1n) is 6.96. The maximum Gasteiger partial charge on any atom is 0.307 e. The van der Waals surface area contributed by atoms with Crippen LogP contribution >= 0.6 is 38.5 Å². The van der Waals surface area contributed by atoms with Crippen molar-refractivity contribution in [3.63, 3.8) is 0 Å². The molecule has 0 atom stereocenters. The lowest BCUT2D eigenvalue weighted by molar-refractivity contribution is 0.0925. The van der Waals surface area contributed by atoms with Gasteiger partial charge in [-0.05, 0) is 56.7 Å². The van der Waals surface area contributed by atoms with Crippen molar-refractivity contribution in [2.24, 2.45) is 5.10 Å². The fraction of sp³-hybridized carbons (Fsp3) is 0.0625. The number of halogens is 2. The maximum atomic E-state index is 12.0. The average Bonchev–Trinajstić information content (AvgIpc) is 3.19. The van der Waals surface area contributed by atoms with Crippen molar-refractivity contribution >= 4 is 50.6 Å². The largest absolute Gasteiger partial charge is 0.454 e. The summed E-state index contributed by atoms with van der Waals surface area (Å²) in [5.74, 6) is 0.443. The molecule has 1 N–H and O–H groups in total. The number of hydrogen-bond acceptors (Lipinski definition) is 4. The molecule has 0 bridgehead atoms. The van der Waals surface area contributed by atoms with Gasteiger partial charge in [-0.15, -0.1) is 0 Å². The molecular weight excluding hydrogens is 487 g/mol. The van der Waals surface area contributed by atoms with Crippen molar-refractivity contribution in [1.82, 2.24) is 15.2 Å². The van der Waals surface area contributed by atoms with Crippen molar-refractivity contribution in [3.05, 3.63) is 73.9 Å². The standard InChI is InChI=1S/C16H12BrIN4O2/c17-12-8-20-22(9-12)10-13-5-6-15(24-13)16(23)21-19-7-11-3-1-2-4-14(11)18/h1-9H,10H2,(H,21,23)/b19-7-. The first kappa shape index (κ1) is 16.9. The summed E-state index contributed by atoms with van der Waals surface area (Å²) in [6.07, 6.45) is 5.12. The van der Waals surface area contributed by atoms with Crippen LogP contribution in [0, 0.1) is 3.57 Å². The molecule has 0 fully saturated rings. The van der Waals surface area contributed by atoms with E-state index in [0.717, 1.165) is 13.6 Å². The van der Waals surface area contributed by atoms with Gasteiger partial charge in [0.05, 0.1) is 23.4 Å². The highest BCUT2D eigenvalue weighted by atomic mass is 127. The normalized spacial score (nSPS) is 11.1. The van der Waals surface area contributed by atoms with E-state index in [1.165, 1.54) is 0 Å². The number of amides is 1. The Hall–Kier alpha value is -1.94. The second-order valence-electron chi connectivity index (χ2n) is 4.84. The van der Waals surface area contributed by atoms with E-state index in [1.54, 1.807) is 29.2 Å². The molecule has 122 valence electrons. The molecule has 2 aromatic heterocycles. The van der Waals surface area contributed by atoms with Crippen molar-refractivity contribution < 1.29 is 9.21 Å². The number of carbonyl (C=O) groups is 1. The molecule has 1 amide bonds. The van der Waals surface area contributed by atoms with Crippen LogP contribution < -0.4 is 5.43 Å². The highest BCUT2D eigenvalue weighted by molar-refractivity contribution is 14.1. The highest BCUT2D eigenvalue weighted by Crippen LogP contribution is 2.12. The molecule has 0 radical (unpaired) electrons. The second-order valence-corrected chi connectivity index (χ2v) is 6.92.